The van der Waals surface area contributed by atoms with Crippen LogP contribution in [0.5, 0.6) is 0 Å². The number of hydrogen-bond donors (Lipinski definition) is 0. The van der Waals surface area contributed by atoms with Gasteiger partial charge in [-0.3, -0.25) is 19.4 Å². The molecule has 0 bridgehead atoms. The van der Waals surface area contributed by atoms with Gasteiger partial charge < -0.3 is 18.9 Å². The van der Waals surface area contributed by atoms with E-state index < -0.39 is 53.7 Å². The van der Waals surface area contributed by atoms with Gasteiger partial charge in [-0.25, -0.2) is 14.6 Å². The van der Waals surface area contributed by atoms with Gasteiger partial charge in [-0.15, -0.1) is 0 Å². The average Bonchev–Trinajstić information content (AvgIpc) is 2.89. The fourth-order valence-electron chi connectivity index (χ4n) is 3.22. The van der Waals surface area contributed by atoms with Gasteiger partial charge in [-0.2, -0.15) is 0 Å². The second-order valence-electron chi connectivity index (χ2n) is 5.52. The third-order valence-corrected chi connectivity index (χ3v) is 4.40. The summed E-state index contributed by atoms with van der Waals surface area (Å²) in [7, 11) is 5.53. The number of hydrazine groups is 1. The highest BCUT2D eigenvalue weighted by molar-refractivity contribution is 5.99. The number of rotatable bonds is 5. The molecule has 0 radical (unpaired) electrons. The van der Waals surface area contributed by atoms with Gasteiger partial charge in [0.05, 0.1) is 34.9 Å². The second kappa shape index (κ2) is 8.13. The lowest BCUT2D eigenvalue weighted by Gasteiger charge is -2.36. The van der Waals surface area contributed by atoms with Gasteiger partial charge >= 0.3 is 23.9 Å². The van der Waals surface area contributed by atoms with Crippen molar-refractivity contribution < 1.29 is 42.9 Å². The SMILES string of the molecule is COC(=O)CC1(C(=O)OC)C(C(=O)OC)C(C(=O)OC)N(C(C)=O)N1C. The standard InChI is InChI=1S/C15H22N2O9/c1-8(18)17-11(13(21)25-5)10(12(20)24-4)15(16(17)2,14(22)26-6)7-9(19)23-3/h10-11H,7H2,1-6H3. The van der Waals surface area contributed by atoms with Crippen LogP contribution in [0.4, 0.5) is 0 Å². The van der Waals surface area contributed by atoms with Crippen molar-refractivity contribution >= 4 is 29.8 Å². The van der Waals surface area contributed by atoms with Gasteiger partial charge in [-0.05, 0) is 0 Å². The first-order valence-electron chi connectivity index (χ1n) is 7.48. The van der Waals surface area contributed by atoms with Crippen LogP contribution in [0.2, 0.25) is 0 Å². The molecule has 0 N–H and O–H groups in total. The number of amides is 1. The lowest BCUT2D eigenvalue weighted by Crippen LogP contribution is -2.59. The molecule has 0 aliphatic carbocycles. The molecular weight excluding hydrogens is 352 g/mol. The molecule has 11 nitrogen and oxygen atoms in total. The van der Waals surface area contributed by atoms with E-state index in [0.29, 0.717) is 0 Å². The van der Waals surface area contributed by atoms with Gasteiger partial charge in [-0.1, -0.05) is 0 Å². The lowest BCUT2D eigenvalue weighted by atomic mass is 9.78. The third-order valence-electron chi connectivity index (χ3n) is 4.40. The Hall–Kier alpha value is -2.69. The Balaban J connectivity index is 3.77. The molecular formula is C15H22N2O9. The Morgan fingerprint density at radius 1 is 0.885 bits per heavy atom. The largest absolute Gasteiger partial charge is 0.469 e. The number of methoxy groups -OCH3 is 4. The van der Waals surface area contributed by atoms with Crippen LogP contribution in [0.15, 0.2) is 0 Å². The quantitative estimate of drug-likeness (QED) is 0.414. The van der Waals surface area contributed by atoms with Crippen LogP contribution in [0.3, 0.4) is 0 Å². The molecule has 1 aliphatic rings. The molecule has 1 fully saturated rings. The molecule has 1 aliphatic heterocycles. The van der Waals surface area contributed by atoms with Crippen molar-refractivity contribution in [3.63, 3.8) is 0 Å². The minimum atomic E-state index is -2.04. The predicted molar refractivity (Wildman–Crippen MR) is 83.0 cm³/mol. The Bertz CT molecular complexity index is 620. The van der Waals surface area contributed by atoms with Gasteiger partial charge in [0, 0.05) is 14.0 Å². The van der Waals surface area contributed by atoms with Crippen molar-refractivity contribution in [2.45, 2.75) is 24.9 Å². The number of likely N-dealkylation sites (N-methyl/N-ethyl adjacent to an activating group) is 1. The Morgan fingerprint density at radius 2 is 1.42 bits per heavy atom. The number of nitrogens with zero attached hydrogens (tertiary/aromatic N) is 2. The second-order valence-corrected chi connectivity index (χ2v) is 5.52. The zero-order valence-corrected chi connectivity index (χ0v) is 15.4. The van der Waals surface area contributed by atoms with Crippen LogP contribution in [-0.4, -0.2) is 86.9 Å². The maximum atomic E-state index is 12.7. The fourth-order valence-corrected chi connectivity index (χ4v) is 3.22. The lowest BCUT2D eigenvalue weighted by molar-refractivity contribution is -0.176. The van der Waals surface area contributed by atoms with E-state index in [9.17, 15) is 24.0 Å². The van der Waals surface area contributed by atoms with E-state index in [-0.39, 0.29) is 0 Å². The molecule has 146 valence electrons. The summed E-state index contributed by atoms with van der Waals surface area (Å²) >= 11 is 0. The van der Waals surface area contributed by atoms with Crippen molar-refractivity contribution in [2.75, 3.05) is 35.5 Å². The van der Waals surface area contributed by atoms with Crippen LogP contribution in [-0.2, 0) is 42.9 Å². The predicted octanol–water partition coefficient (Wildman–Crippen LogP) is -1.50. The van der Waals surface area contributed by atoms with Crippen molar-refractivity contribution in [1.82, 2.24) is 10.0 Å². The van der Waals surface area contributed by atoms with E-state index in [1.165, 1.54) is 7.05 Å². The van der Waals surface area contributed by atoms with Crippen LogP contribution in [0.25, 0.3) is 0 Å². The first-order valence-corrected chi connectivity index (χ1v) is 7.48. The Labute approximate surface area is 150 Å². The highest BCUT2D eigenvalue weighted by Gasteiger charge is 2.69. The summed E-state index contributed by atoms with van der Waals surface area (Å²) in [4.78, 5) is 61.7. The molecule has 0 spiro atoms. The number of esters is 4. The summed E-state index contributed by atoms with van der Waals surface area (Å²) < 4.78 is 18.8. The first kappa shape index (κ1) is 21.4. The summed E-state index contributed by atoms with van der Waals surface area (Å²) in [5.74, 6) is -6.07. The van der Waals surface area contributed by atoms with Gasteiger partial charge in [0.2, 0.25) is 5.91 Å². The van der Waals surface area contributed by atoms with Gasteiger partial charge in [0.25, 0.3) is 0 Å². The average molecular weight is 374 g/mol. The van der Waals surface area contributed by atoms with E-state index in [4.69, 9.17) is 14.2 Å². The van der Waals surface area contributed by atoms with E-state index in [1.807, 2.05) is 0 Å². The minimum Gasteiger partial charge on any atom is -0.469 e. The Morgan fingerprint density at radius 3 is 1.81 bits per heavy atom. The fraction of sp³-hybridized carbons (Fsp3) is 0.667. The molecule has 1 amide bonds. The molecule has 0 aromatic rings. The number of carbonyl (C=O) groups is 5. The summed E-state index contributed by atoms with van der Waals surface area (Å²) in [5, 5.41) is 1.90. The number of ether oxygens (including phenoxy) is 4. The normalized spacial score (nSPS) is 25.4. The van der Waals surface area contributed by atoms with Crippen molar-refractivity contribution in [3.8, 4) is 0 Å². The van der Waals surface area contributed by atoms with E-state index >= 15 is 0 Å². The molecule has 1 heterocycles. The molecule has 3 unspecified atom stereocenters. The maximum Gasteiger partial charge on any atom is 0.331 e. The van der Waals surface area contributed by atoms with Crippen molar-refractivity contribution in [1.29, 1.82) is 0 Å². The summed E-state index contributed by atoms with van der Waals surface area (Å²) in [6.07, 6.45) is -0.663. The zero-order chi connectivity index (χ0) is 20.2. The molecule has 0 aromatic carbocycles. The maximum absolute atomic E-state index is 12.7. The summed E-state index contributed by atoms with van der Waals surface area (Å²) in [5.41, 5.74) is -2.04. The number of hydrogen-bond acceptors (Lipinski definition) is 10. The number of carbonyl (C=O) groups excluding carboxylic acids is 5. The van der Waals surface area contributed by atoms with Gasteiger partial charge in [0.15, 0.2) is 11.6 Å². The minimum absolute atomic E-state index is 0.660. The van der Waals surface area contributed by atoms with E-state index in [1.54, 1.807) is 0 Å². The van der Waals surface area contributed by atoms with Gasteiger partial charge in [0.1, 0.15) is 5.92 Å². The smallest absolute Gasteiger partial charge is 0.331 e. The Kier molecular flexibility index (Phi) is 6.67. The molecule has 3 atom stereocenters. The molecule has 0 saturated carbocycles. The van der Waals surface area contributed by atoms with E-state index in [0.717, 1.165) is 45.4 Å². The van der Waals surface area contributed by atoms with Crippen molar-refractivity contribution in [2.24, 2.45) is 5.92 Å². The molecule has 11 heteroatoms. The topological polar surface area (TPSA) is 129 Å². The first-order chi connectivity index (χ1) is 12.1. The van der Waals surface area contributed by atoms with Crippen LogP contribution in [0, 0.1) is 5.92 Å². The highest BCUT2D eigenvalue weighted by atomic mass is 16.5. The summed E-state index contributed by atoms with van der Waals surface area (Å²) in [6.45, 7) is 1.13. The molecule has 0 aromatic heterocycles. The zero-order valence-electron chi connectivity index (χ0n) is 15.4. The van der Waals surface area contributed by atoms with Crippen molar-refractivity contribution in [3.05, 3.63) is 0 Å². The van der Waals surface area contributed by atoms with Crippen LogP contribution >= 0.6 is 0 Å². The molecule has 1 rings (SSSR count). The van der Waals surface area contributed by atoms with Crippen LogP contribution < -0.4 is 0 Å². The molecule has 26 heavy (non-hydrogen) atoms. The molecule has 1 saturated heterocycles. The summed E-state index contributed by atoms with van der Waals surface area (Å²) in [6, 6.07) is -1.53. The van der Waals surface area contributed by atoms with E-state index in [2.05, 4.69) is 4.74 Å². The van der Waals surface area contributed by atoms with Crippen LogP contribution in [0.1, 0.15) is 13.3 Å². The highest BCUT2D eigenvalue weighted by Crippen LogP contribution is 2.43. The monoisotopic (exact) mass is 374 g/mol. The third kappa shape index (κ3) is 3.21.